The van der Waals surface area contributed by atoms with Gasteiger partial charge in [0.2, 0.25) is 0 Å². The molecular weight excluding hydrogens is 308 g/mol. The quantitative estimate of drug-likeness (QED) is 0.784. The predicted molar refractivity (Wildman–Crippen MR) is 90.0 cm³/mol. The molecule has 2 fully saturated rings. The van der Waals surface area contributed by atoms with Crippen LogP contribution >= 0.6 is 0 Å². The van der Waals surface area contributed by atoms with Crippen LogP contribution in [0.2, 0.25) is 0 Å². The largest absolute Gasteiger partial charge is 0.492 e. The van der Waals surface area contributed by atoms with Gasteiger partial charge in [-0.15, -0.1) is 0 Å². The molecule has 1 aliphatic carbocycles. The molecule has 0 aromatic heterocycles. The lowest BCUT2D eigenvalue weighted by molar-refractivity contribution is -0.186. The van der Waals surface area contributed by atoms with Crippen molar-refractivity contribution in [3.05, 3.63) is 30.3 Å². The zero-order valence-corrected chi connectivity index (χ0v) is 14.0. The monoisotopic (exact) mass is 334 g/mol. The standard InChI is InChI=1S/C18H26N2O4/c21-17(19-11-12-22-15-7-3-1-4-8-15)20-13-16-14-23-18(24-16)9-5-2-6-10-18/h1,3-4,7-8,16H,2,5-6,9-14H2,(H2,19,20,21)/t16-/m0/s1. The van der Waals surface area contributed by atoms with Gasteiger partial charge < -0.3 is 24.8 Å². The Hall–Kier alpha value is -1.79. The second kappa shape index (κ2) is 8.35. The van der Waals surface area contributed by atoms with E-state index in [0.29, 0.717) is 26.3 Å². The molecule has 1 aliphatic heterocycles. The molecule has 0 unspecified atom stereocenters. The van der Waals surface area contributed by atoms with Gasteiger partial charge in [-0.25, -0.2) is 4.79 Å². The van der Waals surface area contributed by atoms with E-state index in [0.717, 1.165) is 31.4 Å². The normalized spacial score (nSPS) is 22.2. The van der Waals surface area contributed by atoms with Crippen LogP contribution in [0.4, 0.5) is 4.79 Å². The number of hydrogen-bond donors (Lipinski definition) is 2. The number of rotatable bonds is 6. The average Bonchev–Trinajstić information content (AvgIpc) is 3.01. The van der Waals surface area contributed by atoms with E-state index >= 15 is 0 Å². The van der Waals surface area contributed by atoms with Crippen LogP contribution < -0.4 is 15.4 Å². The molecule has 6 heteroatoms. The van der Waals surface area contributed by atoms with Crippen LogP contribution in [0.15, 0.2) is 30.3 Å². The van der Waals surface area contributed by atoms with Crippen molar-refractivity contribution in [3.8, 4) is 5.75 Å². The number of carbonyl (C=O) groups is 1. The first-order valence-electron chi connectivity index (χ1n) is 8.77. The predicted octanol–water partition coefficient (Wildman–Crippen LogP) is 2.44. The van der Waals surface area contributed by atoms with E-state index in [9.17, 15) is 4.79 Å². The molecule has 132 valence electrons. The number of hydrogen-bond acceptors (Lipinski definition) is 4. The third kappa shape index (κ3) is 4.85. The number of amides is 2. The van der Waals surface area contributed by atoms with E-state index in [2.05, 4.69) is 10.6 Å². The fourth-order valence-corrected chi connectivity index (χ4v) is 3.19. The molecule has 1 heterocycles. The molecule has 1 saturated heterocycles. The summed E-state index contributed by atoms with van der Waals surface area (Å²) in [4.78, 5) is 11.8. The Labute approximate surface area is 142 Å². The molecule has 2 aliphatic rings. The molecule has 0 bridgehead atoms. The van der Waals surface area contributed by atoms with Crippen molar-refractivity contribution in [3.63, 3.8) is 0 Å². The SMILES string of the molecule is O=C(NCCOc1ccccc1)NC[C@H]1COC2(CCCCC2)O1. The maximum absolute atomic E-state index is 11.8. The van der Waals surface area contributed by atoms with Crippen molar-refractivity contribution in [2.75, 3.05) is 26.3 Å². The first-order valence-corrected chi connectivity index (χ1v) is 8.77. The fourth-order valence-electron chi connectivity index (χ4n) is 3.19. The second-order valence-electron chi connectivity index (χ2n) is 6.32. The van der Waals surface area contributed by atoms with Gasteiger partial charge in [0.1, 0.15) is 18.5 Å². The smallest absolute Gasteiger partial charge is 0.315 e. The molecule has 1 spiro atoms. The zero-order valence-electron chi connectivity index (χ0n) is 14.0. The molecule has 24 heavy (non-hydrogen) atoms. The minimum atomic E-state index is -0.384. The van der Waals surface area contributed by atoms with Crippen molar-refractivity contribution in [2.45, 2.75) is 44.0 Å². The van der Waals surface area contributed by atoms with E-state index in [4.69, 9.17) is 14.2 Å². The number of urea groups is 1. The van der Waals surface area contributed by atoms with Crippen LogP contribution in [-0.4, -0.2) is 44.2 Å². The van der Waals surface area contributed by atoms with Crippen LogP contribution in [-0.2, 0) is 9.47 Å². The van der Waals surface area contributed by atoms with Crippen molar-refractivity contribution < 1.29 is 19.0 Å². The van der Waals surface area contributed by atoms with Crippen LogP contribution in [0.5, 0.6) is 5.75 Å². The number of para-hydroxylation sites is 1. The van der Waals surface area contributed by atoms with Crippen molar-refractivity contribution in [1.29, 1.82) is 0 Å². The maximum Gasteiger partial charge on any atom is 0.315 e. The van der Waals surface area contributed by atoms with Gasteiger partial charge in [-0.3, -0.25) is 0 Å². The van der Waals surface area contributed by atoms with E-state index in [1.807, 2.05) is 30.3 Å². The first kappa shape index (κ1) is 17.0. The lowest BCUT2D eigenvalue weighted by atomic mass is 9.94. The van der Waals surface area contributed by atoms with Gasteiger partial charge in [-0.2, -0.15) is 0 Å². The highest BCUT2D eigenvalue weighted by atomic mass is 16.7. The summed E-state index contributed by atoms with van der Waals surface area (Å²) in [5.74, 6) is 0.416. The summed E-state index contributed by atoms with van der Waals surface area (Å²) in [5, 5.41) is 5.61. The minimum absolute atomic E-state index is 0.0607. The topological polar surface area (TPSA) is 68.8 Å². The van der Waals surface area contributed by atoms with Crippen molar-refractivity contribution in [1.82, 2.24) is 10.6 Å². The Morgan fingerprint density at radius 1 is 1.17 bits per heavy atom. The molecule has 0 radical (unpaired) electrons. The summed E-state index contributed by atoms with van der Waals surface area (Å²) in [6.45, 7) is 1.90. The first-order chi connectivity index (χ1) is 11.8. The summed E-state index contributed by atoms with van der Waals surface area (Å²) in [6.07, 6.45) is 5.43. The van der Waals surface area contributed by atoms with Crippen LogP contribution in [0.1, 0.15) is 32.1 Å². The van der Waals surface area contributed by atoms with Gasteiger partial charge in [0.15, 0.2) is 5.79 Å². The highest BCUT2D eigenvalue weighted by Gasteiger charge is 2.42. The number of benzene rings is 1. The van der Waals surface area contributed by atoms with Gasteiger partial charge in [-0.1, -0.05) is 24.6 Å². The molecule has 1 aromatic carbocycles. The summed E-state index contributed by atoms with van der Waals surface area (Å²) >= 11 is 0. The summed E-state index contributed by atoms with van der Waals surface area (Å²) in [5.41, 5.74) is 0. The molecular formula is C18H26N2O4. The van der Waals surface area contributed by atoms with E-state index in [-0.39, 0.29) is 17.9 Å². The van der Waals surface area contributed by atoms with E-state index in [1.165, 1.54) is 6.42 Å². The third-order valence-electron chi connectivity index (χ3n) is 4.42. The highest BCUT2D eigenvalue weighted by Crippen LogP contribution is 2.37. The summed E-state index contributed by atoms with van der Waals surface area (Å²) in [6, 6.07) is 9.33. The number of carbonyl (C=O) groups excluding carboxylic acids is 1. The summed E-state index contributed by atoms with van der Waals surface area (Å²) in [7, 11) is 0. The number of ether oxygens (including phenoxy) is 3. The Kier molecular flexibility index (Phi) is 5.93. The van der Waals surface area contributed by atoms with Gasteiger partial charge in [0.05, 0.1) is 13.2 Å². The van der Waals surface area contributed by atoms with Gasteiger partial charge >= 0.3 is 6.03 Å². The number of nitrogens with one attached hydrogen (secondary N) is 2. The van der Waals surface area contributed by atoms with Crippen molar-refractivity contribution >= 4 is 6.03 Å². The Bertz CT molecular complexity index is 517. The van der Waals surface area contributed by atoms with Gasteiger partial charge in [-0.05, 0) is 25.0 Å². The molecule has 1 aromatic rings. The molecule has 1 saturated carbocycles. The van der Waals surface area contributed by atoms with E-state index in [1.54, 1.807) is 0 Å². The van der Waals surface area contributed by atoms with Crippen LogP contribution in [0.25, 0.3) is 0 Å². The molecule has 2 N–H and O–H groups in total. The highest BCUT2D eigenvalue weighted by molar-refractivity contribution is 5.73. The second-order valence-corrected chi connectivity index (χ2v) is 6.32. The Morgan fingerprint density at radius 3 is 2.75 bits per heavy atom. The van der Waals surface area contributed by atoms with E-state index < -0.39 is 0 Å². The Balaban J connectivity index is 1.27. The molecule has 6 nitrogen and oxygen atoms in total. The minimum Gasteiger partial charge on any atom is -0.492 e. The molecule has 3 rings (SSSR count). The third-order valence-corrected chi connectivity index (χ3v) is 4.42. The molecule has 2 amide bonds. The lowest BCUT2D eigenvalue weighted by Gasteiger charge is -2.31. The fraction of sp³-hybridized carbons (Fsp3) is 0.611. The average molecular weight is 334 g/mol. The van der Waals surface area contributed by atoms with Crippen LogP contribution in [0.3, 0.4) is 0 Å². The maximum atomic E-state index is 11.8. The lowest BCUT2D eigenvalue weighted by Crippen LogP contribution is -2.42. The van der Waals surface area contributed by atoms with Gasteiger partial charge in [0.25, 0.3) is 0 Å². The molecule has 1 atom stereocenters. The van der Waals surface area contributed by atoms with Crippen LogP contribution in [0, 0.1) is 0 Å². The van der Waals surface area contributed by atoms with Gasteiger partial charge in [0, 0.05) is 19.4 Å². The van der Waals surface area contributed by atoms with Crippen molar-refractivity contribution in [2.24, 2.45) is 0 Å². The zero-order chi connectivity index (χ0) is 16.7. The summed E-state index contributed by atoms with van der Waals surface area (Å²) < 4.78 is 17.4. The Morgan fingerprint density at radius 2 is 1.96 bits per heavy atom.